The van der Waals surface area contributed by atoms with Gasteiger partial charge in [-0.25, -0.2) is 0 Å². The maximum Gasteiger partial charge on any atom is 0.0429 e. The number of hydrogen-bond donors (Lipinski definition) is 1. The molecule has 1 heterocycles. The second-order valence-electron chi connectivity index (χ2n) is 5.57. The van der Waals surface area contributed by atoms with E-state index in [0.29, 0.717) is 12.1 Å². The summed E-state index contributed by atoms with van der Waals surface area (Å²) < 4.78 is 0. The lowest BCUT2D eigenvalue weighted by Crippen LogP contribution is -2.58. The molecule has 1 aromatic rings. The Kier molecular flexibility index (Phi) is 3.93. The van der Waals surface area contributed by atoms with Crippen molar-refractivity contribution in [3.05, 3.63) is 29.3 Å². The summed E-state index contributed by atoms with van der Waals surface area (Å²) in [4.78, 5) is 4.91. The standard InChI is InChI=1S/C15H25N3/c1-11-6-5-7-12(2)15(11)18-10-14(8-16)17(4)9-13(18)3/h5-7,13-14H,8-10,16H2,1-4H3. The smallest absolute Gasteiger partial charge is 0.0429 e. The van der Waals surface area contributed by atoms with Crippen LogP contribution in [0.2, 0.25) is 0 Å². The Balaban J connectivity index is 2.32. The fourth-order valence-electron chi connectivity index (χ4n) is 3.04. The Hall–Kier alpha value is -1.06. The molecule has 2 atom stereocenters. The fourth-order valence-corrected chi connectivity index (χ4v) is 3.04. The molecule has 18 heavy (non-hydrogen) atoms. The minimum absolute atomic E-state index is 0.459. The average molecular weight is 247 g/mol. The van der Waals surface area contributed by atoms with Gasteiger partial charge < -0.3 is 10.6 Å². The number of likely N-dealkylation sites (N-methyl/N-ethyl adjacent to an activating group) is 1. The predicted octanol–water partition coefficient (Wildman–Crippen LogP) is 1.77. The van der Waals surface area contributed by atoms with Crippen molar-refractivity contribution < 1.29 is 0 Å². The molecule has 3 nitrogen and oxygen atoms in total. The molecule has 2 rings (SSSR count). The van der Waals surface area contributed by atoms with Crippen LogP contribution in [-0.2, 0) is 0 Å². The first-order chi connectivity index (χ1) is 8.54. The molecule has 1 saturated heterocycles. The van der Waals surface area contributed by atoms with Gasteiger partial charge in [-0.2, -0.15) is 0 Å². The van der Waals surface area contributed by atoms with Crippen LogP contribution in [0.1, 0.15) is 18.1 Å². The van der Waals surface area contributed by atoms with Crippen LogP contribution in [-0.4, -0.2) is 43.7 Å². The number of rotatable bonds is 2. The highest BCUT2D eigenvalue weighted by molar-refractivity contribution is 5.60. The minimum Gasteiger partial charge on any atom is -0.365 e. The number of nitrogens with zero attached hydrogens (tertiary/aromatic N) is 2. The van der Waals surface area contributed by atoms with Gasteiger partial charge in [0.2, 0.25) is 0 Å². The molecule has 100 valence electrons. The number of aryl methyl sites for hydroxylation is 2. The molecule has 0 spiro atoms. The van der Waals surface area contributed by atoms with Gasteiger partial charge in [-0.3, -0.25) is 4.90 Å². The van der Waals surface area contributed by atoms with Crippen LogP contribution >= 0.6 is 0 Å². The van der Waals surface area contributed by atoms with E-state index in [9.17, 15) is 0 Å². The van der Waals surface area contributed by atoms with E-state index in [0.717, 1.165) is 19.6 Å². The summed E-state index contributed by atoms with van der Waals surface area (Å²) in [6.45, 7) is 9.53. The maximum atomic E-state index is 5.89. The van der Waals surface area contributed by atoms with Gasteiger partial charge in [0.15, 0.2) is 0 Å². The first-order valence-electron chi connectivity index (χ1n) is 6.77. The summed E-state index contributed by atoms with van der Waals surface area (Å²) >= 11 is 0. The molecule has 0 bridgehead atoms. The number of piperazine rings is 1. The molecule has 0 radical (unpaired) electrons. The lowest BCUT2D eigenvalue weighted by molar-refractivity contribution is 0.197. The van der Waals surface area contributed by atoms with Gasteiger partial charge in [0, 0.05) is 37.4 Å². The first-order valence-corrected chi connectivity index (χ1v) is 6.77. The number of para-hydroxylation sites is 1. The van der Waals surface area contributed by atoms with Crippen molar-refractivity contribution in [3.8, 4) is 0 Å². The summed E-state index contributed by atoms with van der Waals surface area (Å²) in [5.41, 5.74) is 10.0. The quantitative estimate of drug-likeness (QED) is 0.864. The van der Waals surface area contributed by atoms with E-state index in [4.69, 9.17) is 5.73 Å². The zero-order chi connectivity index (χ0) is 13.3. The molecule has 0 aliphatic carbocycles. The Morgan fingerprint density at radius 1 is 1.22 bits per heavy atom. The summed E-state index contributed by atoms with van der Waals surface area (Å²) in [6.07, 6.45) is 0. The van der Waals surface area contributed by atoms with Crippen LogP contribution in [0, 0.1) is 13.8 Å². The van der Waals surface area contributed by atoms with Gasteiger partial charge in [-0.1, -0.05) is 18.2 Å². The van der Waals surface area contributed by atoms with Crippen molar-refractivity contribution in [2.75, 3.05) is 31.6 Å². The zero-order valence-electron chi connectivity index (χ0n) is 12.0. The fraction of sp³-hybridized carbons (Fsp3) is 0.600. The molecule has 0 amide bonds. The van der Waals surface area contributed by atoms with E-state index >= 15 is 0 Å². The van der Waals surface area contributed by atoms with Crippen LogP contribution in [0.5, 0.6) is 0 Å². The predicted molar refractivity (Wildman–Crippen MR) is 78.2 cm³/mol. The number of nitrogens with two attached hydrogens (primary N) is 1. The first kappa shape index (κ1) is 13.4. The molecule has 1 aliphatic rings. The number of hydrogen-bond acceptors (Lipinski definition) is 3. The van der Waals surface area contributed by atoms with Crippen LogP contribution in [0.25, 0.3) is 0 Å². The molecule has 1 aliphatic heterocycles. The van der Waals surface area contributed by atoms with Crippen LogP contribution in [0.4, 0.5) is 5.69 Å². The average Bonchev–Trinajstić information content (AvgIpc) is 2.31. The summed E-state index contributed by atoms with van der Waals surface area (Å²) in [5.74, 6) is 0. The monoisotopic (exact) mass is 247 g/mol. The third-order valence-corrected chi connectivity index (χ3v) is 4.11. The molecular formula is C15H25N3. The maximum absolute atomic E-state index is 5.89. The van der Waals surface area contributed by atoms with E-state index in [1.54, 1.807) is 0 Å². The molecule has 2 unspecified atom stereocenters. The minimum atomic E-state index is 0.459. The largest absolute Gasteiger partial charge is 0.365 e. The summed E-state index contributed by atoms with van der Waals surface area (Å²) in [7, 11) is 2.18. The normalized spacial score (nSPS) is 25.5. The number of benzene rings is 1. The lowest BCUT2D eigenvalue weighted by Gasteiger charge is -2.45. The van der Waals surface area contributed by atoms with Crippen molar-refractivity contribution in [3.63, 3.8) is 0 Å². The SMILES string of the molecule is Cc1cccc(C)c1N1CC(CN)N(C)CC1C. The molecule has 1 aromatic carbocycles. The van der Waals surface area contributed by atoms with E-state index in [1.807, 2.05) is 0 Å². The van der Waals surface area contributed by atoms with E-state index < -0.39 is 0 Å². The molecular weight excluding hydrogens is 222 g/mol. The van der Waals surface area contributed by atoms with E-state index in [-0.39, 0.29) is 0 Å². The second kappa shape index (κ2) is 5.29. The molecule has 1 fully saturated rings. The van der Waals surface area contributed by atoms with E-state index in [1.165, 1.54) is 16.8 Å². The second-order valence-corrected chi connectivity index (χ2v) is 5.57. The van der Waals surface area contributed by atoms with Crippen LogP contribution < -0.4 is 10.6 Å². The van der Waals surface area contributed by atoms with Gasteiger partial charge >= 0.3 is 0 Å². The van der Waals surface area contributed by atoms with E-state index in [2.05, 4.69) is 55.8 Å². The Morgan fingerprint density at radius 3 is 2.39 bits per heavy atom. The lowest BCUT2D eigenvalue weighted by atomic mass is 10.0. The van der Waals surface area contributed by atoms with Crippen molar-refractivity contribution in [1.82, 2.24) is 4.90 Å². The molecule has 0 aromatic heterocycles. The highest BCUT2D eigenvalue weighted by Gasteiger charge is 2.29. The van der Waals surface area contributed by atoms with Crippen molar-refractivity contribution in [2.24, 2.45) is 5.73 Å². The van der Waals surface area contributed by atoms with Crippen LogP contribution in [0.3, 0.4) is 0 Å². The topological polar surface area (TPSA) is 32.5 Å². The van der Waals surface area contributed by atoms with Gasteiger partial charge in [-0.05, 0) is 38.9 Å². The zero-order valence-corrected chi connectivity index (χ0v) is 12.0. The van der Waals surface area contributed by atoms with Crippen molar-refractivity contribution >= 4 is 5.69 Å². The van der Waals surface area contributed by atoms with Gasteiger partial charge in [0.25, 0.3) is 0 Å². The Morgan fingerprint density at radius 2 is 1.83 bits per heavy atom. The van der Waals surface area contributed by atoms with Crippen molar-refractivity contribution in [1.29, 1.82) is 0 Å². The molecule has 3 heteroatoms. The van der Waals surface area contributed by atoms with Gasteiger partial charge in [0.1, 0.15) is 0 Å². The summed E-state index contributed by atoms with van der Waals surface area (Å²) in [5, 5.41) is 0. The third-order valence-electron chi connectivity index (χ3n) is 4.11. The Labute approximate surface area is 111 Å². The third kappa shape index (κ3) is 2.38. The van der Waals surface area contributed by atoms with Crippen LogP contribution in [0.15, 0.2) is 18.2 Å². The van der Waals surface area contributed by atoms with Gasteiger partial charge in [0.05, 0.1) is 0 Å². The Bertz CT molecular complexity index is 396. The highest BCUT2D eigenvalue weighted by Crippen LogP contribution is 2.29. The molecule has 0 saturated carbocycles. The van der Waals surface area contributed by atoms with Gasteiger partial charge in [-0.15, -0.1) is 0 Å². The summed E-state index contributed by atoms with van der Waals surface area (Å²) in [6, 6.07) is 7.53. The highest BCUT2D eigenvalue weighted by atomic mass is 15.3. The van der Waals surface area contributed by atoms with Crippen molar-refractivity contribution in [2.45, 2.75) is 32.9 Å². The number of anilines is 1. The molecule has 2 N–H and O–H groups in total.